The summed E-state index contributed by atoms with van der Waals surface area (Å²) >= 11 is 5.83. The average Bonchev–Trinajstić information content (AvgIpc) is 2.39. The van der Waals surface area contributed by atoms with Gasteiger partial charge in [0, 0.05) is 17.6 Å². The van der Waals surface area contributed by atoms with Gasteiger partial charge in [0.15, 0.2) is 0 Å². The molecule has 0 aliphatic carbocycles. The molecule has 0 unspecified atom stereocenters. The first-order chi connectivity index (χ1) is 8.83. The summed E-state index contributed by atoms with van der Waals surface area (Å²) < 4.78 is 5.74. The summed E-state index contributed by atoms with van der Waals surface area (Å²) in [7, 11) is 0. The number of fused-ring (bicyclic) bond motifs is 1. The highest BCUT2D eigenvalue weighted by molar-refractivity contribution is 6.29. The summed E-state index contributed by atoms with van der Waals surface area (Å²) in [5.41, 5.74) is 0.886. The Morgan fingerprint density at radius 3 is 2.72 bits per heavy atom. The van der Waals surface area contributed by atoms with Gasteiger partial charge in [-0.05, 0) is 30.3 Å². The second-order valence-corrected chi connectivity index (χ2v) is 4.11. The first-order valence-corrected chi connectivity index (χ1v) is 5.85. The van der Waals surface area contributed by atoms with Crippen molar-refractivity contribution in [1.29, 1.82) is 0 Å². The summed E-state index contributed by atoms with van der Waals surface area (Å²) in [5, 5.41) is 1.35. The molecule has 0 fully saturated rings. The van der Waals surface area contributed by atoms with Crippen LogP contribution in [0.1, 0.15) is 0 Å². The van der Waals surface area contributed by atoms with Crippen LogP contribution in [0.15, 0.2) is 54.7 Å². The van der Waals surface area contributed by atoms with Gasteiger partial charge in [0.1, 0.15) is 10.9 Å². The lowest BCUT2D eigenvalue weighted by Gasteiger charge is -2.07. The van der Waals surface area contributed by atoms with Gasteiger partial charge >= 0.3 is 0 Å². The van der Waals surface area contributed by atoms with Gasteiger partial charge in [-0.1, -0.05) is 23.7 Å². The highest BCUT2D eigenvalue weighted by atomic mass is 35.5. The van der Waals surface area contributed by atoms with E-state index in [4.69, 9.17) is 16.3 Å². The van der Waals surface area contributed by atoms with Crippen LogP contribution in [-0.4, -0.2) is 9.97 Å². The van der Waals surface area contributed by atoms with Crippen LogP contribution < -0.4 is 4.74 Å². The molecule has 0 bridgehead atoms. The standard InChI is InChI=1S/C14H9ClN2O/c15-13-7-2-8-14(17-13)18-12-6-1-5-11-10(12)4-3-9-16-11/h1-9H. The molecule has 2 heterocycles. The molecule has 3 nitrogen and oxygen atoms in total. The van der Waals surface area contributed by atoms with Crippen LogP contribution in [-0.2, 0) is 0 Å². The predicted octanol–water partition coefficient (Wildman–Crippen LogP) is 4.08. The van der Waals surface area contributed by atoms with Crippen molar-refractivity contribution in [2.45, 2.75) is 0 Å². The van der Waals surface area contributed by atoms with Crippen LogP contribution in [0.4, 0.5) is 0 Å². The van der Waals surface area contributed by atoms with Crippen molar-refractivity contribution in [3.8, 4) is 11.6 Å². The lowest BCUT2D eigenvalue weighted by Crippen LogP contribution is -1.89. The van der Waals surface area contributed by atoms with Gasteiger partial charge in [-0.2, -0.15) is 0 Å². The van der Waals surface area contributed by atoms with Crippen LogP contribution in [0.2, 0.25) is 5.15 Å². The Bertz CT molecular complexity index is 695. The van der Waals surface area contributed by atoms with E-state index in [1.165, 1.54) is 0 Å². The normalized spacial score (nSPS) is 10.5. The molecule has 0 aliphatic rings. The number of halogens is 1. The second-order valence-electron chi connectivity index (χ2n) is 3.73. The minimum atomic E-state index is 0.408. The lowest BCUT2D eigenvalue weighted by atomic mass is 10.2. The lowest BCUT2D eigenvalue weighted by molar-refractivity contribution is 0.468. The van der Waals surface area contributed by atoms with E-state index < -0.39 is 0 Å². The minimum Gasteiger partial charge on any atom is -0.438 e. The summed E-state index contributed by atoms with van der Waals surface area (Å²) in [4.78, 5) is 8.37. The quantitative estimate of drug-likeness (QED) is 0.648. The number of rotatable bonds is 2. The molecule has 0 saturated carbocycles. The monoisotopic (exact) mass is 256 g/mol. The fourth-order valence-corrected chi connectivity index (χ4v) is 1.88. The molecule has 88 valence electrons. The zero-order valence-electron chi connectivity index (χ0n) is 9.38. The average molecular weight is 257 g/mol. The van der Waals surface area contributed by atoms with Gasteiger partial charge < -0.3 is 4.74 Å². The SMILES string of the molecule is Clc1cccc(Oc2cccc3ncccc23)n1. The van der Waals surface area contributed by atoms with Crippen molar-refractivity contribution in [3.05, 3.63) is 59.9 Å². The molecule has 4 heteroatoms. The Labute approximate surface area is 109 Å². The van der Waals surface area contributed by atoms with Gasteiger partial charge in [-0.15, -0.1) is 0 Å². The van der Waals surface area contributed by atoms with Crippen molar-refractivity contribution < 1.29 is 4.74 Å². The molecule has 0 aliphatic heterocycles. The number of ether oxygens (including phenoxy) is 1. The predicted molar refractivity (Wildman–Crippen MR) is 71.1 cm³/mol. The maximum atomic E-state index is 5.83. The Morgan fingerprint density at radius 1 is 0.944 bits per heavy atom. The van der Waals surface area contributed by atoms with E-state index in [0.29, 0.717) is 11.0 Å². The maximum Gasteiger partial charge on any atom is 0.220 e. The fraction of sp³-hybridized carbons (Fsp3) is 0. The van der Waals surface area contributed by atoms with E-state index >= 15 is 0 Å². The molecule has 0 N–H and O–H groups in total. The van der Waals surface area contributed by atoms with Crippen LogP contribution in [0.25, 0.3) is 10.9 Å². The Balaban J connectivity index is 2.05. The molecule has 0 atom stereocenters. The molecule has 0 radical (unpaired) electrons. The molecule has 1 aromatic carbocycles. The van der Waals surface area contributed by atoms with Crippen molar-refractivity contribution >= 4 is 22.5 Å². The number of aromatic nitrogens is 2. The smallest absolute Gasteiger partial charge is 0.220 e. The Hall–Kier alpha value is -2.13. The molecule has 0 spiro atoms. The van der Waals surface area contributed by atoms with Crippen LogP contribution >= 0.6 is 11.6 Å². The van der Waals surface area contributed by atoms with Crippen molar-refractivity contribution in [3.63, 3.8) is 0 Å². The van der Waals surface area contributed by atoms with E-state index in [-0.39, 0.29) is 0 Å². The van der Waals surface area contributed by atoms with Crippen LogP contribution in [0.3, 0.4) is 0 Å². The molecule has 18 heavy (non-hydrogen) atoms. The molecule has 3 rings (SSSR count). The first-order valence-electron chi connectivity index (χ1n) is 5.47. The number of pyridine rings is 2. The molecule has 0 amide bonds. The van der Waals surface area contributed by atoms with Crippen molar-refractivity contribution in [1.82, 2.24) is 9.97 Å². The molecule has 3 aromatic rings. The number of nitrogens with zero attached hydrogens (tertiary/aromatic N) is 2. The van der Waals surface area contributed by atoms with E-state index in [9.17, 15) is 0 Å². The summed E-state index contributed by atoms with van der Waals surface area (Å²) in [6, 6.07) is 14.8. The van der Waals surface area contributed by atoms with Gasteiger partial charge in [0.25, 0.3) is 0 Å². The maximum absolute atomic E-state index is 5.83. The van der Waals surface area contributed by atoms with E-state index in [2.05, 4.69) is 9.97 Å². The summed E-state index contributed by atoms with van der Waals surface area (Å²) in [6.07, 6.45) is 1.75. The largest absolute Gasteiger partial charge is 0.438 e. The third-order valence-electron chi connectivity index (χ3n) is 2.51. The highest BCUT2D eigenvalue weighted by Crippen LogP contribution is 2.28. The van der Waals surface area contributed by atoms with E-state index in [1.54, 1.807) is 24.4 Å². The third-order valence-corrected chi connectivity index (χ3v) is 2.72. The molecule has 0 saturated heterocycles. The van der Waals surface area contributed by atoms with Crippen LogP contribution in [0.5, 0.6) is 11.6 Å². The molecular weight excluding hydrogens is 248 g/mol. The molecule has 2 aromatic heterocycles. The Kier molecular flexibility index (Phi) is 2.82. The number of hydrogen-bond donors (Lipinski definition) is 0. The topological polar surface area (TPSA) is 35.0 Å². The second kappa shape index (κ2) is 4.63. The van der Waals surface area contributed by atoms with Gasteiger partial charge in [0.05, 0.1) is 5.52 Å². The van der Waals surface area contributed by atoms with E-state index in [1.807, 2.05) is 30.3 Å². The Morgan fingerprint density at radius 2 is 1.83 bits per heavy atom. The van der Waals surface area contributed by atoms with Gasteiger partial charge in [-0.3, -0.25) is 4.98 Å². The van der Waals surface area contributed by atoms with Crippen LogP contribution in [0, 0.1) is 0 Å². The molecular formula is C14H9ClN2O. The summed E-state index contributed by atoms with van der Waals surface area (Å²) in [6.45, 7) is 0. The van der Waals surface area contributed by atoms with Crippen molar-refractivity contribution in [2.24, 2.45) is 0 Å². The van der Waals surface area contributed by atoms with Crippen molar-refractivity contribution in [2.75, 3.05) is 0 Å². The van der Waals surface area contributed by atoms with Gasteiger partial charge in [0.2, 0.25) is 5.88 Å². The fourth-order valence-electron chi connectivity index (χ4n) is 1.72. The van der Waals surface area contributed by atoms with E-state index in [0.717, 1.165) is 16.7 Å². The number of hydrogen-bond acceptors (Lipinski definition) is 3. The third kappa shape index (κ3) is 2.13. The summed E-state index contributed by atoms with van der Waals surface area (Å²) in [5.74, 6) is 1.19. The zero-order chi connectivity index (χ0) is 12.4. The zero-order valence-corrected chi connectivity index (χ0v) is 10.1. The number of benzene rings is 1. The first kappa shape index (κ1) is 11.0. The minimum absolute atomic E-state index is 0.408. The van der Waals surface area contributed by atoms with Gasteiger partial charge in [-0.25, -0.2) is 4.98 Å². The highest BCUT2D eigenvalue weighted by Gasteiger charge is 2.04.